The molecule has 0 rings (SSSR count). The number of rotatable bonds is 13. The molecule has 0 aliphatic carbocycles. The minimum atomic E-state index is 0.821. The van der Waals surface area contributed by atoms with Gasteiger partial charge in [-0.05, 0) is 91.9 Å². The van der Waals surface area contributed by atoms with Crippen LogP contribution < -0.4 is 11.5 Å². The van der Waals surface area contributed by atoms with E-state index in [0.717, 1.165) is 25.9 Å². The van der Waals surface area contributed by atoms with Crippen molar-refractivity contribution in [1.29, 1.82) is 0 Å². The lowest BCUT2D eigenvalue weighted by atomic mass is 10.2. The molecule has 18 heavy (non-hydrogen) atoms. The van der Waals surface area contributed by atoms with Crippen molar-refractivity contribution in [3.05, 3.63) is 0 Å². The van der Waals surface area contributed by atoms with Crippen LogP contribution in [-0.2, 0) is 0 Å². The Hall–Kier alpha value is -0.160. The van der Waals surface area contributed by atoms with Gasteiger partial charge in [0, 0.05) is 0 Å². The van der Waals surface area contributed by atoms with Gasteiger partial charge >= 0.3 is 0 Å². The molecule has 0 saturated heterocycles. The third-order valence-corrected chi connectivity index (χ3v) is 3.32. The average molecular weight is 258 g/mol. The molecule has 0 aromatic heterocycles. The smallest absolute Gasteiger partial charge is 0.00213 e. The SMILES string of the molecule is CN(CCCCN)CCCCN(C)CCCCN. The van der Waals surface area contributed by atoms with Crippen molar-refractivity contribution in [3.8, 4) is 0 Å². The maximum absolute atomic E-state index is 5.49. The van der Waals surface area contributed by atoms with Crippen molar-refractivity contribution < 1.29 is 0 Å². The van der Waals surface area contributed by atoms with E-state index in [4.69, 9.17) is 11.5 Å². The lowest BCUT2D eigenvalue weighted by molar-refractivity contribution is 0.287. The fraction of sp³-hybridized carbons (Fsp3) is 1.00. The molecule has 0 heterocycles. The van der Waals surface area contributed by atoms with Crippen molar-refractivity contribution in [3.63, 3.8) is 0 Å². The molecule has 0 unspecified atom stereocenters. The largest absolute Gasteiger partial charge is 0.330 e. The fourth-order valence-corrected chi connectivity index (χ4v) is 2.04. The number of hydrogen-bond donors (Lipinski definition) is 2. The highest BCUT2D eigenvalue weighted by atomic mass is 15.1. The number of nitrogens with two attached hydrogens (primary N) is 2. The van der Waals surface area contributed by atoms with Crippen LogP contribution in [0.1, 0.15) is 38.5 Å². The minimum Gasteiger partial charge on any atom is -0.330 e. The van der Waals surface area contributed by atoms with Crippen molar-refractivity contribution in [2.24, 2.45) is 11.5 Å². The van der Waals surface area contributed by atoms with Gasteiger partial charge in [-0.15, -0.1) is 0 Å². The van der Waals surface area contributed by atoms with Gasteiger partial charge in [0.1, 0.15) is 0 Å². The van der Waals surface area contributed by atoms with E-state index in [1.807, 2.05) is 0 Å². The summed E-state index contributed by atoms with van der Waals surface area (Å²) in [5, 5.41) is 0. The van der Waals surface area contributed by atoms with E-state index in [0.29, 0.717) is 0 Å². The second kappa shape index (κ2) is 13.3. The van der Waals surface area contributed by atoms with Crippen LogP contribution in [0.2, 0.25) is 0 Å². The zero-order chi connectivity index (χ0) is 13.6. The van der Waals surface area contributed by atoms with Gasteiger partial charge in [0.2, 0.25) is 0 Å². The van der Waals surface area contributed by atoms with Crippen LogP contribution in [0.4, 0.5) is 0 Å². The monoisotopic (exact) mass is 258 g/mol. The lowest BCUT2D eigenvalue weighted by Gasteiger charge is -2.19. The van der Waals surface area contributed by atoms with Crippen LogP contribution in [0.5, 0.6) is 0 Å². The normalized spacial score (nSPS) is 11.7. The number of hydrogen-bond acceptors (Lipinski definition) is 4. The summed E-state index contributed by atoms with van der Waals surface area (Å²) in [7, 11) is 4.42. The standard InChI is InChI=1S/C14H34N4/c1-17(11-5-3-9-15)13-7-8-14-18(2)12-6-4-10-16/h3-16H2,1-2H3. The predicted molar refractivity (Wildman–Crippen MR) is 80.8 cm³/mol. The Balaban J connectivity index is 3.27. The fourth-order valence-electron chi connectivity index (χ4n) is 2.04. The maximum atomic E-state index is 5.49. The summed E-state index contributed by atoms with van der Waals surface area (Å²) in [6.45, 7) is 6.43. The van der Waals surface area contributed by atoms with E-state index < -0.39 is 0 Å². The molecular weight excluding hydrogens is 224 g/mol. The van der Waals surface area contributed by atoms with Gasteiger partial charge in [0.25, 0.3) is 0 Å². The molecule has 0 radical (unpaired) electrons. The van der Waals surface area contributed by atoms with Crippen LogP contribution >= 0.6 is 0 Å². The Labute approximate surface area is 114 Å². The van der Waals surface area contributed by atoms with E-state index >= 15 is 0 Å². The number of nitrogens with zero attached hydrogens (tertiary/aromatic N) is 2. The van der Waals surface area contributed by atoms with Crippen molar-refractivity contribution in [1.82, 2.24) is 9.80 Å². The molecule has 0 spiro atoms. The van der Waals surface area contributed by atoms with E-state index in [1.165, 1.54) is 51.9 Å². The maximum Gasteiger partial charge on any atom is -0.00213 e. The van der Waals surface area contributed by atoms with Gasteiger partial charge in [-0.25, -0.2) is 0 Å². The van der Waals surface area contributed by atoms with Crippen molar-refractivity contribution >= 4 is 0 Å². The van der Waals surface area contributed by atoms with E-state index in [2.05, 4.69) is 23.9 Å². The summed E-state index contributed by atoms with van der Waals surface area (Å²) < 4.78 is 0. The Morgan fingerprint density at radius 2 is 0.833 bits per heavy atom. The van der Waals surface area contributed by atoms with E-state index in [-0.39, 0.29) is 0 Å². The van der Waals surface area contributed by atoms with Gasteiger partial charge in [-0.2, -0.15) is 0 Å². The zero-order valence-corrected chi connectivity index (χ0v) is 12.5. The first-order valence-corrected chi connectivity index (χ1v) is 7.48. The van der Waals surface area contributed by atoms with Crippen LogP contribution in [0.25, 0.3) is 0 Å². The lowest BCUT2D eigenvalue weighted by Crippen LogP contribution is -2.24. The topological polar surface area (TPSA) is 58.5 Å². The molecule has 0 bridgehead atoms. The highest BCUT2D eigenvalue weighted by Crippen LogP contribution is 1.99. The zero-order valence-electron chi connectivity index (χ0n) is 12.5. The molecule has 0 atom stereocenters. The molecule has 0 aliphatic heterocycles. The highest BCUT2D eigenvalue weighted by molar-refractivity contribution is 4.56. The van der Waals surface area contributed by atoms with Gasteiger partial charge in [-0.3, -0.25) is 0 Å². The van der Waals surface area contributed by atoms with Gasteiger partial charge in [0.05, 0.1) is 0 Å². The second-order valence-corrected chi connectivity index (χ2v) is 5.31. The van der Waals surface area contributed by atoms with E-state index in [1.54, 1.807) is 0 Å². The Morgan fingerprint density at radius 1 is 0.556 bits per heavy atom. The molecular formula is C14H34N4. The molecule has 4 nitrogen and oxygen atoms in total. The third-order valence-electron chi connectivity index (χ3n) is 3.32. The molecule has 0 fully saturated rings. The predicted octanol–water partition coefficient (Wildman–Crippen LogP) is 1.11. The summed E-state index contributed by atoms with van der Waals surface area (Å²) in [5.74, 6) is 0. The van der Waals surface area contributed by atoms with Crippen molar-refractivity contribution in [2.45, 2.75) is 38.5 Å². The van der Waals surface area contributed by atoms with Gasteiger partial charge < -0.3 is 21.3 Å². The molecule has 0 aromatic rings. The summed E-state index contributed by atoms with van der Waals surface area (Å²) >= 11 is 0. The number of unbranched alkanes of at least 4 members (excludes halogenated alkanes) is 3. The first-order valence-electron chi connectivity index (χ1n) is 7.48. The minimum absolute atomic E-state index is 0.821. The summed E-state index contributed by atoms with van der Waals surface area (Å²) in [6, 6.07) is 0. The van der Waals surface area contributed by atoms with Gasteiger partial charge in [-0.1, -0.05) is 0 Å². The molecule has 4 N–H and O–H groups in total. The first kappa shape index (κ1) is 17.8. The van der Waals surface area contributed by atoms with Crippen LogP contribution in [0.15, 0.2) is 0 Å². The summed E-state index contributed by atoms with van der Waals surface area (Å²) in [5.41, 5.74) is 11.0. The molecule has 4 heteroatoms. The molecule has 0 aromatic carbocycles. The molecule has 0 aliphatic rings. The van der Waals surface area contributed by atoms with Crippen LogP contribution in [0.3, 0.4) is 0 Å². The van der Waals surface area contributed by atoms with Gasteiger partial charge in [0.15, 0.2) is 0 Å². The molecule has 110 valence electrons. The molecule has 0 amide bonds. The first-order chi connectivity index (χ1) is 8.70. The Morgan fingerprint density at radius 3 is 1.11 bits per heavy atom. The van der Waals surface area contributed by atoms with Crippen molar-refractivity contribution in [2.75, 3.05) is 53.4 Å². The highest BCUT2D eigenvalue weighted by Gasteiger charge is 2.00. The molecule has 0 saturated carbocycles. The summed E-state index contributed by atoms with van der Waals surface area (Å²) in [4.78, 5) is 4.84. The summed E-state index contributed by atoms with van der Waals surface area (Å²) in [6.07, 6.45) is 7.33. The second-order valence-electron chi connectivity index (χ2n) is 5.31. The Kier molecular flexibility index (Phi) is 13.2. The van der Waals surface area contributed by atoms with Crippen LogP contribution in [-0.4, -0.2) is 63.2 Å². The Bertz CT molecular complexity index is 146. The van der Waals surface area contributed by atoms with Crippen LogP contribution in [0, 0.1) is 0 Å². The quantitative estimate of drug-likeness (QED) is 0.486. The average Bonchev–Trinajstić information content (AvgIpc) is 2.35. The third kappa shape index (κ3) is 12.3. The van der Waals surface area contributed by atoms with E-state index in [9.17, 15) is 0 Å².